The van der Waals surface area contributed by atoms with Gasteiger partial charge in [0.05, 0.1) is 0 Å². The molecule has 2 rings (SSSR count). The van der Waals surface area contributed by atoms with Gasteiger partial charge in [0.15, 0.2) is 0 Å². The van der Waals surface area contributed by atoms with Gasteiger partial charge in [-0.3, -0.25) is 0 Å². The Labute approximate surface area is 102 Å². The molecule has 2 aromatic carbocycles. The Morgan fingerprint density at radius 2 is 1.46 bits per heavy atom. The number of hydrogen-bond donors (Lipinski definition) is 0. The third-order valence-corrected chi connectivity index (χ3v) is 4.63. The average Bonchev–Trinajstić information content (AvgIpc) is 2.12. The molecule has 0 unspecified atom stereocenters. The van der Waals surface area contributed by atoms with E-state index in [0.717, 1.165) is 13.4 Å². The summed E-state index contributed by atoms with van der Waals surface area (Å²) in [5.41, 5.74) is 0. The third kappa shape index (κ3) is 1.69. The first-order valence-electron chi connectivity index (χ1n) is 3.72. The predicted octanol–water partition coefficient (Wildman–Crippen LogP) is 5.13. The number of hydrogen-bond acceptors (Lipinski definition) is 0. The van der Waals surface area contributed by atoms with Crippen molar-refractivity contribution in [1.82, 2.24) is 0 Å². The molecule has 0 fully saturated rings. The number of halogens is 3. The van der Waals surface area contributed by atoms with Gasteiger partial charge in [-0.25, -0.2) is 0 Å². The molecule has 0 radical (unpaired) electrons. The summed E-state index contributed by atoms with van der Waals surface area (Å²) in [6.07, 6.45) is 0. The minimum atomic E-state index is 1.08. The first-order valence-corrected chi connectivity index (χ1v) is 6.10. The molecule has 0 spiro atoms. The number of rotatable bonds is 0. The molecule has 66 valence electrons. The van der Waals surface area contributed by atoms with Crippen molar-refractivity contribution in [2.75, 3.05) is 0 Å². The maximum atomic E-state index is 3.55. The Kier molecular flexibility index (Phi) is 2.77. The molecule has 2 aromatic rings. The Bertz CT molecular complexity index is 463. The molecule has 0 heterocycles. The van der Waals surface area contributed by atoms with Crippen LogP contribution in [0.25, 0.3) is 10.8 Å². The van der Waals surface area contributed by atoms with Gasteiger partial charge in [-0.15, -0.1) is 0 Å². The molecule has 0 saturated heterocycles. The van der Waals surface area contributed by atoms with Crippen LogP contribution in [0.15, 0.2) is 43.7 Å². The number of benzene rings is 2. The summed E-state index contributed by atoms with van der Waals surface area (Å²) in [5, 5.41) is 2.43. The van der Waals surface area contributed by atoms with Crippen molar-refractivity contribution in [3.63, 3.8) is 0 Å². The highest BCUT2D eigenvalue weighted by Crippen LogP contribution is 2.34. The highest BCUT2D eigenvalue weighted by molar-refractivity contribution is 9.13. The first kappa shape index (κ1) is 9.69. The summed E-state index contributed by atoms with van der Waals surface area (Å²) in [6, 6.07) is 10.3. The highest BCUT2D eigenvalue weighted by atomic mass is 79.9. The van der Waals surface area contributed by atoms with Gasteiger partial charge in [0.25, 0.3) is 0 Å². The van der Waals surface area contributed by atoms with Gasteiger partial charge >= 0.3 is 0 Å². The summed E-state index contributed by atoms with van der Waals surface area (Å²) in [7, 11) is 0. The number of fused-ring (bicyclic) bond motifs is 1. The molecule has 0 bridgehead atoms. The van der Waals surface area contributed by atoms with E-state index in [1.54, 1.807) is 0 Å². The lowest BCUT2D eigenvalue weighted by molar-refractivity contribution is 1.63. The van der Waals surface area contributed by atoms with Crippen molar-refractivity contribution in [2.24, 2.45) is 0 Å². The maximum Gasteiger partial charge on any atom is 0.0396 e. The largest absolute Gasteiger partial charge is 0.0605 e. The van der Waals surface area contributed by atoms with Crippen LogP contribution in [0.5, 0.6) is 0 Å². The summed E-state index contributed by atoms with van der Waals surface area (Å²) in [6.45, 7) is 0. The Morgan fingerprint density at radius 3 is 2.23 bits per heavy atom. The molecule has 0 aliphatic carbocycles. The van der Waals surface area contributed by atoms with Crippen molar-refractivity contribution in [3.8, 4) is 0 Å². The minimum Gasteiger partial charge on any atom is -0.0605 e. The topological polar surface area (TPSA) is 0 Å². The zero-order chi connectivity index (χ0) is 9.42. The lowest BCUT2D eigenvalue weighted by atomic mass is 10.1. The van der Waals surface area contributed by atoms with Gasteiger partial charge in [0, 0.05) is 13.4 Å². The molecule has 0 nitrogen and oxygen atoms in total. The van der Waals surface area contributed by atoms with Crippen LogP contribution in [0, 0.1) is 0 Å². The fourth-order valence-corrected chi connectivity index (χ4v) is 2.58. The van der Waals surface area contributed by atoms with Crippen molar-refractivity contribution < 1.29 is 0 Å². The fraction of sp³-hybridized carbons (Fsp3) is 0. The van der Waals surface area contributed by atoms with E-state index in [4.69, 9.17) is 0 Å². The second-order valence-electron chi connectivity index (χ2n) is 2.70. The van der Waals surface area contributed by atoms with Crippen molar-refractivity contribution in [1.29, 1.82) is 0 Å². The van der Waals surface area contributed by atoms with Crippen LogP contribution in [0.2, 0.25) is 0 Å². The SMILES string of the molecule is Brc1ccc2c(Br)cccc2c1Br. The van der Waals surface area contributed by atoms with Crippen LogP contribution in [-0.4, -0.2) is 0 Å². The van der Waals surface area contributed by atoms with Crippen LogP contribution in [0.3, 0.4) is 0 Å². The summed E-state index contributed by atoms with van der Waals surface area (Å²) >= 11 is 10.5. The van der Waals surface area contributed by atoms with Crippen LogP contribution in [-0.2, 0) is 0 Å². The van der Waals surface area contributed by atoms with Crippen LogP contribution in [0.4, 0.5) is 0 Å². The van der Waals surface area contributed by atoms with E-state index in [9.17, 15) is 0 Å². The quantitative estimate of drug-likeness (QED) is 0.608. The molecule has 0 atom stereocenters. The lowest BCUT2D eigenvalue weighted by Gasteiger charge is -2.04. The van der Waals surface area contributed by atoms with E-state index >= 15 is 0 Å². The molecule has 0 aliphatic rings. The molecule has 0 aromatic heterocycles. The van der Waals surface area contributed by atoms with Crippen molar-refractivity contribution in [3.05, 3.63) is 43.7 Å². The molecule has 0 saturated carbocycles. The summed E-state index contributed by atoms with van der Waals surface area (Å²) in [5.74, 6) is 0. The van der Waals surface area contributed by atoms with Crippen LogP contribution >= 0.6 is 47.8 Å². The third-order valence-electron chi connectivity index (χ3n) is 1.90. The van der Waals surface area contributed by atoms with Crippen LogP contribution < -0.4 is 0 Å². The van der Waals surface area contributed by atoms with E-state index in [-0.39, 0.29) is 0 Å². The van der Waals surface area contributed by atoms with Gasteiger partial charge < -0.3 is 0 Å². The monoisotopic (exact) mass is 362 g/mol. The second-order valence-corrected chi connectivity index (χ2v) is 5.20. The first-order chi connectivity index (χ1) is 6.20. The average molecular weight is 365 g/mol. The molecular weight excluding hydrogens is 360 g/mol. The second kappa shape index (κ2) is 3.71. The zero-order valence-electron chi connectivity index (χ0n) is 6.52. The smallest absolute Gasteiger partial charge is 0.0396 e. The van der Waals surface area contributed by atoms with E-state index < -0.39 is 0 Å². The Balaban J connectivity index is 2.94. The highest BCUT2D eigenvalue weighted by Gasteiger charge is 2.03. The van der Waals surface area contributed by atoms with Gasteiger partial charge in [-0.2, -0.15) is 0 Å². The standard InChI is InChI=1S/C10H5Br3/c11-8-3-1-2-7-6(8)4-5-9(12)10(7)13/h1-5H. The molecule has 0 aliphatic heterocycles. The molecule has 0 amide bonds. The summed E-state index contributed by atoms with van der Waals surface area (Å²) in [4.78, 5) is 0. The normalized spacial score (nSPS) is 10.7. The maximum absolute atomic E-state index is 3.55. The Hall–Kier alpha value is 0.140. The van der Waals surface area contributed by atoms with Crippen LogP contribution in [0.1, 0.15) is 0 Å². The lowest BCUT2D eigenvalue weighted by Crippen LogP contribution is -1.77. The fourth-order valence-electron chi connectivity index (χ4n) is 1.26. The minimum absolute atomic E-state index is 1.08. The van der Waals surface area contributed by atoms with Crippen molar-refractivity contribution in [2.45, 2.75) is 0 Å². The van der Waals surface area contributed by atoms with Gasteiger partial charge in [0.2, 0.25) is 0 Å². The van der Waals surface area contributed by atoms with Gasteiger partial charge in [0.1, 0.15) is 0 Å². The molecule has 13 heavy (non-hydrogen) atoms. The van der Waals surface area contributed by atoms with Gasteiger partial charge in [-0.1, -0.05) is 34.1 Å². The zero-order valence-corrected chi connectivity index (χ0v) is 11.3. The molecular formula is C10H5Br3. The molecule has 3 heteroatoms. The van der Waals surface area contributed by atoms with E-state index in [1.807, 2.05) is 18.2 Å². The van der Waals surface area contributed by atoms with Crippen molar-refractivity contribution >= 4 is 58.6 Å². The van der Waals surface area contributed by atoms with E-state index in [0.29, 0.717) is 0 Å². The summed E-state index contributed by atoms with van der Waals surface area (Å²) < 4.78 is 3.31. The molecule has 0 N–H and O–H groups in total. The Morgan fingerprint density at radius 1 is 0.692 bits per heavy atom. The van der Waals surface area contributed by atoms with Gasteiger partial charge in [-0.05, 0) is 54.8 Å². The van der Waals surface area contributed by atoms with E-state index in [1.165, 1.54) is 10.8 Å². The van der Waals surface area contributed by atoms with E-state index in [2.05, 4.69) is 59.9 Å². The predicted molar refractivity (Wildman–Crippen MR) is 67.0 cm³/mol.